The standard InChI is InChI=1S/C15H30N2O.ClH/c1-11(2)9-12-7-6-8-17(10-12)14(18)13(16)15(3,4)5;/h11-13H,6-10,16H2,1-5H3;1H/t12?,13-;/m1./s1. The van der Waals surface area contributed by atoms with E-state index >= 15 is 0 Å². The molecule has 1 aliphatic rings. The molecule has 0 saturated carbocycles. The maximum atomic E-state index is 12.4. The summed E-state index contributed by atoms with van der Waals surface area (Å²) >= 11 is 0. The van der Waals surface area contributed by atoms with E-state index in [0.29, 0.717) is 11.8 Å². The molecule has 0 aromatic rings. The summed E-state index contributed by atoms with van der Waals surface area (Å²) in [4.78, 5) is 14.4. The lowest BCUT2D eigenvalue weighted by Gasteiger charge is -2.37. The number of halogens is 1. The number of piperidine rings is 1. The SMILES string of the molecule is CC(C)CC1CCCN(C(=O)[C@@H](N)C(C)(C)C)C1.Cl. The van der Waals surface area contributed by atoms with Gasteiger partial charge in [-0.15, -0.1) is 12.4 Å². The molecule has 1 aliphatic heterocycles. The third kappa shape index (κ3) is 5.70. The number of carbonyl (C=O) groups is 1. The zero-order valence-corrected chi connectivity index (χ0v) is 13.9. The highest BCUT2D eigenvalue weighted by molar-refractivity contribution is 5.85. The minimum absolute atomic E-state index is 0. The van der Waals surface area contributed by atoms with Crippen molar-refractivity contribution < 1.29 is 4.79 Å². The van der Waals surface area contributed by atoms with Crippen molar-refractivity contribution in [2.45, 2.75) is 59.9 Å². The van der Waals surface area contributed by atoms with E-state index in [-0.39, 0.29) is 29.8 Å². The number of amides is 1. The summed E-state index contributed by atoms with van der Waals surface area (Å²) < 4.78 is 0. The number of hydrogen-bond acceptors (Lipinski definition) is 2. The molecule has 19 heavy (non-hydrogen) atoms. The highest BCUT2D eigenvalue weighted by atomic mass is 35.5. The molecule has 2 atom stereocenters. The topological polar surface area (TPSA) is 46.3 Å². The second kappa shape index (κ2) is 7.49. The van der Waals surface area contributed by atoms with Gasteiger partial charge in [-0.1, -0.05) is 34.6 Å². The molecular formula is C15H31ClN2O. The number of nitrogens with two attached hydrogens (primary N) is 1. The lowest BCUT2D eigenvalue weighted by Crippen LogP contribution is -2.53. The minimum atomic E-state index is -0.379. The van der Waals surface area contributed by atoms with Gasteiger partial charge in [0.25, 0.3) is 0 Å². The summed E-state index contributed by atoms with van der Waals surface area (Å²) in [5.41, 5.74) is 5.93. The summed E-state index contributed by atoms with van der Waals surface area (Å²) in [5.74, 6) is 1.51. The molecule has 1 heterocycles. The summed E-state index contributed by atoms with van der Waals surface area (Å²) in [6.07, 6.45) is 3.60. The fourth-order valence-corrected chi connectivity index (χ4v) is 2.69. The van der Waals surface area contributed by atoms with Crippen molar-refractivity contribution >= 4 is 18.3 Å². The molecule has 0 spiro atoms. The van der Waals surface area contributed by atoms with Gasteiger partial charge in [-0.25, -0.2) is 0 Å². The minimum Gasteiger partial charge on any atom is -0.341 e. The molecule has 0 radical (unpaired) electrons. The molecule has 114 valence electrons. The van der Waals surface area contributed by atoms with Crippen molar-refractivity contribution in [1.29, 1.82) is 0 Å². The van der Waals surface area contributed by atoms with Gasteiger partial charge in [0.15, 0.2) is 0 Å². The van der Waals surface area contributed by atoms with Crippen molar-refractivity contribution in [1.82, 2.24) is 4.90 Å². The Hall–Kier alpha value is -0.280. The Bertz CT molecular complexity index is 286. The Morgan fingerprint density at radius 2 is 1.95 bits per heavy atom. The van der Waals surface area contributed by atoms with Gasteiger partial charge in [-0.3, -0.25) is 4.79 Å². The summed E-state index contributed by atoms with van der Waals surface area (Å²) in [6, 6.07) is -0.379. The van der Waals surface area contributed by atoms with E-state index in [1.807, 2.05) is 25.7 Å². The number of carbonyl (C=O) groups excluding carboxylic acids is 1. The molecule has 1 fully saturated rings. The fraction of sp³-hybridized carbons (Fsp3) is 0.933. The van der Waals surface area contributed by atoms with Crippen LogP contribution in [0.5, 0.6) is 0 Å². The van der Waals surface area contributed by atoms with Crippen molar-refractivity contribution in [3.63, 3.8) is 0 Å². The van der Waals surface area contributed by atoms with Gasteiger partial charge >= 0.3 is 0 Å². The highest BCUT2D eigenvalue weighted by Gasteiger charge is 2.33. The van der Waals surface area contributed by atoms with Crippen LogP contribution in [0.1, 0.15) is 53.9 Å². The van der Waals surface area contributed by atoms with Gasteiger partial charge in [-0.2, -0.15) is 0 Å². The Balaban J connectivity index is 0.00000324. The molecule has 3 nitrogen and oxygen atoms in total. The van der Waals surface area contributed by atoms with Crippen molar-refractivity contribution in [3.8, 4) is 0 Å². The Labute approximate surface area is 124 Å². The molecule has 1 saturated heterocycles. The van der Waals surface area contributed by atoms with Gasteiger partial charge in [-0.05, 0) is 36.5 Å². The van der Waals surface area contributed by atoms with Gasteiger partial charge in [0.1, 0.15) is 0 Å². The van der Waals surface area contributed by atoms with Crippen LogP contribution in [0.4, 0.5) is 0 Å². The molecular weight excluding hydrogens is 260 g/mol. The molecule has 0 aromatic carbocycles. The maximum Gasteiger partial charge on any atom is 0.240 e. The fourth-order valence-electron chi connectivity index (χ4n) is 2.69. The van der Waals surface area contributed by atoms with Crippen LogP contribution in [-0.2, 0) is 4.79 Å². The van der Waals surface area contributed by atoms with Crippen LogP contribution in [0.15, 0.2) is 0 Å². The molecule has 0 bridgehead atoms. The van der Waals surface area contributed by atoms with Gasteiger partial charge in [0.05, 0.1) is 6.04 Å². The number of rotatable bonds is 3. The molecule has 1 rings (SSSR count). The zero-order chi connectivity index (χ0) is 13.9. The maximum absolute atomic E-state index is 12.4. The normalized spacial score (nSPS) is 22.1. The van der Waals surface area contributed by atoms with Crippen LogP contribution in [0, 0.1) is 17.3 Å². The summed E-state index contributed by atoms with van der Waals surface area (Å²) in [6.45, 7) is 12.4. The second-order valence-electron chi connectivity index (χ2n) is 7.27. The Morgan fingerprint density at radius 3 is 2.42 bits per heavy atom. The molecule has 4 heteroatoms. The number of nitrogens with zero attached hydrogens (tertiary/aromatic N) is 1. The van der Waals surface area contributed by atoms with E-state index in [9.17, 15) is 4.79 Å². The smallest absolute Gasteiger partial charge is 0.240 e. The van der Waals surface area contributed by atoms with E-state index < -0.39 is 0 Å². The monoisotopic (exact) mass is 290 g/mol. The van der Waals surface area contributed by atoms with E-state index in [2.05, 4.69) is 13.8 Å². The van der Waals surface area contributed by atoms with Gasteiger partial charge in [0, 0.05) is 13.1 Å². The third-order valence-electron chi connectivity index (χ3n) is 3.83. The third-order valence-corrected chi connectivity index (χ3v) is 3.83. The van der Waals surface area contributed by atoms with Crippen LogP contribution in [0.3, 0.4) is 0 Å². The predicted octanol–water partition coefficient (Wildman–Crippen LogP) is 3.07. The van der Waals surface area contributed by atoms with Gasteiger partial charge in [0.2, 0.25) is 5.91 Å². The molecule has 1 amide bonds. The molecule has 2 N–H and O–H groups in total. The molecule has 0 aliphatic carbocycles. The van der Waals surface area contributed by atoms with E-state index in [1.54, 1.807) is 0 Å². The first kappa shape index (κ1) is 18.7. The number of likely N-dealkylation sites (tertiary alicyclic amines) is 1. The van der Waals surface area contributed by atoms with Crippen LogP contribution in [0.2, 0.25) is 0 Å². The Kier molecular flexibility index (Phi) is 7.38. The average Bonchev–Trinajstić information content (AvgIpc) is 2.25. The number of hydrogen-bond donors (Lipinski definition) is 1. The van der Waals surface area contributed by atoms with Crippen LogP contribution >= 0.6 is 12.4 Å². The lowest BCUT2D eigenvalue weighted by atomic mass is 9.85. The molecule has 0 aromatic heterocycles. The van der Waals surface area contributed by atoms with Crippen LogP contribution < -0.4 is 5.73 Å². The van der Waals surface area contributed by atoms with E-state index in [4.69, 9.17) is 5.73 Å². The summed E-state index contributed by atoms with van der Waals surface area (Å²) in [5, 5.41) is 0. The largest absolute Gasteiger partial charge is 0.341 e. The van der Waals surface area contributed by atoms with Crippen LogP contribution in [-0.4, -0.2) is 29.9 Å². The van der Waals surface area contributed by atoms with Crippen molar-refractivity contribution in [3.05, 3.63) is 0 Å². The molecule has 1 unspecified atom stereocenters. The quantitative estimate of drug-likeness (QED) is 0.868. The zero-order valence-electron chi connectivity index (χ0n) is 13.1. The Morgan fingerprint density at radius 1 is 1.37 bits per heavy atom. The van der Waals surface area contributed by atoms with E-state index in [0.717, 1.165) is 19.5 Å². The first-order valence-electron chi connectivity index (χ1n) is 7.26. The van der Waals surface area contributed by atoms with Crippen molar-refractivity contribution in [2.75, 3.05) is 13.1 Å². The lowest BCUT2D eigenvalue weighted by molar-refractivity contribution is -0.136. The highest BCUT2D eigenvalue weighted by Crippen LogP contribution is 2.25. The van der Waals surface area contributed by atoms with Crippen LogP contribution in [0.25, 0.3) is 0 Å². The summed E-state index contributed by atoms with van der Waals surface area (Å²) in [7, 11) is 0. The second-order valence-corrected chi connectivity index (χ2v) is 7.27. The van der Waals surface area contributed by atoms with Crippen molar-refractivity contribution in [2.24, 2.45) is 23.0 Å². The predicted molar refractivity (Wildman–Crippen MR) is 83.4 cm³/mol. The average molecular weight is 291 g/mol. The first-order chi connectivity index (χ1) is 8.21. The van der Waals surface area contributed by atoms with Gasteiger partial charge < -0.3 is 10.6 Å². The first-order valence-corrected chi connectivity index (χ1v) is 7.26. The van der Waals surface area contributed by atoms with E-state index in [1.165, 1.54) is 12.8 Å².